The van der Waals surface area contributed by atoms with E-state index in [-0.39, 0.29) is 0 Å². The molecule has 1 aromatic heterocycles. The molecule has 1 aromatic rings. The number of aryl methyl sites for hydroxylation is 2. The van der Waals surface area contributed by atoms with Gasteiger partial charge in [0, 0.05) is 5.57 Å². The zero-order valence-corrected chi connectivity index (χ0v) is 12.6. The average Bonchev–Trinajstić information content (AvgIpc) is 3.04. The van der Waals surface area contributed by atoms with Gasteiger partial charge in [0.05, 0.1) is 5.69 Å². The van der Waals surface area contributed by atoms with Crippen LogP contribution in [0.15, 0.2) is 22.6 Å². The maximum atomic E-state index is 13.5. The minimum Gasteiger partial charge on any atom is -0.441 e. The monoisotopic (exact) mass is 265 g/mol. The Morgan fingerprint density at radius 3 is 2.47 bits per heavy atom. The number of allylic oxidation sites excluding steroid dienone is 4. The van der Waals surface area contributed by atoms with E-state index in [9.17, 15) is 4.39 Å². The molecular weight excluding hydrogens is 241 g/mol. The molecule has 1 aliphatic carbocycles. The van der Waals surface area contributed by atoms with Gasteiger partial charge in [-0.2, -0.15) is 0 Å². The van der Waals surface area contributed by atoms with E-state index < -0.39 is 5.67 Å². The van der Waals surface area contributed by atoms with Gasteiger partial charge >= 0.3 is 0 Å². The normalized spacial score (nSPS) is 17.3. The van der Waals surface area contributed by atoms with Crippen LogP contribution in [0.4, 0.5) is 4.39 Å². The van der Waals surface area contributed by atoms with Crippen molar-refractivity contribution < 1.29 is 8.81 Å². The third kappa shape index (κ3) is 4.05. The molecule has 2 nitrogen and oxygen atoms in total. The van der Waals surface area contributed by atoms with Crippen LogP contribution >= 0.6 is 0 Å². The molecule has 1 saturated carbocycles. The lowest BCUT2D eigenvalue weighted by atomic mass is 10.2. The standard InChI is InChI=1S/C14H18FNO.C2H6/c1-4-11(6-7-14(15)8-9-14)13-16-12(5-2)10(3)17-13;1-2/h4,6-7H,5,8-9H2,1-3H3;1-2H3/b7-6-,11-4+;. The molecule has 0 aliphatic heterocycles. The molecule has 0 radical (unpaired) electrons. The summed E-state index contributed by atoms with van der Waals surface area (Å²) >= 11 is 0. The third-order valence-corrected chi connectivity index (χ3v) is 3.07. The molecule has 0 atom stereocenters. The van der Waals surface area contributed by atoms with E-state index in [0.717, 1.165) is 23.4 Å². The van der Waals surface area contributed by atoms with Gasteiger partial charge in [-0.15, -0.1) is 0 Å². The summed E-state index contributed by atoms with van der Waals surface area (Å²) in [6.07, 6.45) is 7.40. The fraction of sp³-hybridized carbons (Fsp3) is 0.562. The summed E-state index contributed by atoms with van der Waals surface area (Å²) in [5.74, 6) is 1.43. The third-order valence-electron chi connectivity index (χ3n) is 3.07. The SMILES string of the molecule is C/C=C(\C=C/C1(F)CC1)c1nc(CC)c(C)o1.CC. The second-order valence-electron chi connectivity index (χ2n) is 4.49. The lowest BCUT2D eigenvalue weighted by Gasteiger charge is -1.97. The minimum absolute atomic E-state index is 0.586. The van der Waals surface area contributed by atoms with E-state index in [0.29, 0.717) is 18.7 Å². The number of alkyl halides is 1. The minimum atomic E-state index is -1.08. The number of rotatable bonds is 4. The lowest BCUT2D eigenvalue weighted by Crippen LogP contribution is -1.91. The molecule has 1 heterocycles. The van der Waals surface area contributed by atoms with Gasteiger partial charge in [0.1, 0.15) is 11.4 Å². The number of aromatic nitrogens is 1. The van der Waals surface area contributed by atoms with Gasteiger partial charge in [-0.3, -0.25) is 0 Å². The molecule has 2 rings (SSSR count). The Kier molecular flexibility index (Phi) is 5.52. The fourth-order valence-electron chi connectivity index (χ4n) is 1.70. The first-order chi connectivity index (χ1) is 9.08. The molecule has 0 unspecified atom stereocenters. The summed E-state index contributed by atoms with van der Waals surface area (Å²) in [5.41, 5.74) is 0.731. The van der Waals surface area contributed by atoms with E-state index in [2.05, 4.69) is 4.98 Å². The molecule has 1 fully saturated rings. The van der Waals surface area contributed by atoms with E-state index in [4.69, 9.17) is 4.42 Å². The van der Waals surface area contributed by atoms with Crippen molar-refractivity contribution in [2.24, 2.45) is 0 Å². The Bertz CT molecular complexity index is 467. The Morgan fingerprint density at radius 1 is 1.42 bits per heavy atom. The lowest BCUT2D eigenvalue weighted by molar-refractivity contribution is 0.380. The molecule has 0 N–H and O–H groups in total. The summed E-state index contributed by atoms with van der Waals surface area (Å²) in [4.78, 5) is 4.41. The second kappa shape index (κ2) is 6.69. The average molecular weight is 265 g/mol. The predicted octanol–water partition coefficient (Wildman–Crippen LogP) is 5.03. The zero-order chi connectivity index (χ0) is 14.5. The van der Waals surface area contributed by atoms with Crippen LogP contribution in [-0.2, 0) is 6.42 Å². The highest BCUT2D eigenvalue weighted by Gasteiger charge is 2.40. The summed E-state index contributed by atoms with van der Waals surface area (Å²) < 4.78 is 19.1. The zero-order valence-electron chi connectivity index (χ0n) is 12.6. The van der Waals surface area contributed by atoms with Crippen molar-refractivity contribution >= 4 is 5.57 Å². The Morgan fingerprint density at radius 2 is 2.05 bits per heavy atom. The molecule has 3 heteroatoms. The van der Waals surface area contributed by atoms with Crippen LogP contribution in [0.1, 0.15) is 57.9 Å². The fourth-order valence-corrected chi connectivity index (χ4v) is 1.70. The second-order valence-corrected chi connectivity index (χ2v) is 4.49. The highest BCUT2D eigenvalue weighted by Crippen LogP contribution is 2.41. The molecule has 0 aromatic carbocycles. The van der Waals surface area contributed by atoms with E-state index >= 15 is 0 Å². The summed E-state index contributed by atoms with van der Waals surface area (Å²) in [6, 6.07) is 0. The maximum Gasteiger partial charge on any atom is 0.226 e. The van der Waals surface area contributed by atoms with Crippen molar-refractivity contribution in [1.82, 2.24) is 4.98 Å². The molecule has 1 aliphatic rings. The molecule has 0 spiro atoms. The van der Waals surface area contributed by atoms with Crippen LogP contribution in [-0.4, -0.2) is 10.7 Å². The summed E-state index contributed by atoms with van der Waals surface area (Å²) in [6.45, 7) is 9.85. The van der Waals surface area contributed by atoms with Gasteiger partial charge in [-0.05, 0) is 39.2 Å². The number of hydrogen-bond acceptors (Lipinski definition) is 2. The van der Waals surface area contributed by atoms with Gasteiger partial charge in [0.15, 0.2) is 0 Å². The summed E-state index contributed by atoms with van der Waals surface area (Å²) in [7, 11) is 0. The Balaban J connectivity index is 0.000000861. The first kappa shape index (κ1) is 15.7. The van der Waals surface area contributed by atoms with Gasteiger partial charge < -0.3 is 4.42 Å². The largest absolute Gasteiger partial charge is 0.441 e. The van der Waals surface area contributed by atoms with Crippen molar-refractivity contribution in [3.63, 3.8) is 0 Å². The van der Waals surface area contributed by atoms with Gasteiger partial charge in [-0.25, -0.2) is 9.37 Å². The van der Waals surface area contributed by atoms with Crippen LogP contribution in [0.25, 0.3) is 5.57 Å². The van der Waals surface area contributed by atoms with Crippen LogP contribution in [0.3, 0.4) is 0 Å². The smallest absolute Gasteiger partial charge is 0.226 e. The number of hydrogen-bond donors (Lipinski definition) is 0. The number of nitrogens with zero attached hydrogens (tertiary/aromatic N) is 1. The van der Waals surface area contributed by atoms with Crippen LogP contribution < -0.4 is 0 Å². The highest BCUT2D eigenvalue weighted by atomic mass is 19.1. The highest BCUT2D eigenvalue weighted by molar-refractivity contribution is 5.68. The van der Waals surface area contributed by atoms with E-state index in [1.165, 1.54) is 0 Å². The van der Waals surface area contributed by atoms with Gasteiger partial charge in [-0.1, -0.05) is 32.9 Å². The van der Waals surface area contributed by atoms with Crippen molar-refractivity contribution in [3.05, 3.63) is 35.6 Å². The van der Waals surface area contributed by atoms with Gasteiger partial charge in [0.2, 0.25) is 5.89 Å². The first-order valence-corrected chi connectivity index (χ1v) is 7.09. The van der Waals surface area contributed by atoms with Crippen molar-refractivity contribution in [1.29, 1.82) is 0 Å². The first-order valence-electron chi connectivity index (χ1n) is 7.09. The topological polar surface area (TPSA) is 26.0 Å². The number of halogens is 1. The molecule has 106 valence electrons. The molecular formula is C16H24FNO. The Labute approximate surface area is 115 Å². The van der Waals surface area contributed by atoms with E-state index in [1.807, 2.05) is 40.7 Å². The van der Waals surface area contributed by atoms with Crippen LogP contribution in [0.5, 0.6) is 0 Å². The molecule has 0 amide bonds. The molecule has 0 saturated heterocycles. The van der Waals surface area contributed by atoms with E-state index in [1.54, 1.807) is 12.2 Å². The Hall–Kier alpha value is -1.38. The van der Waals surface area contributed by atoms with Crippen molar-refractivity contribution in [3.8, 4) is 0 Å². The van der Waals surface area contributed by atoms with Gasteiger partial charge in [0.25, 0.3) is 0 Å². The molecule has 19 heavy (non-hydrogen) atoms. The van der Waals surface area contributed by atoms with Crippen LogP contribution in [0.2, 0.25) is 0 Å². The summed E-state index contributed by atoms with van der Waals surface area (Å²) in [5, 5.41) is 0. The van der Waals surface area contributed by atoms with Crippen molar-refractivity contribution in [2.75, 3.05) is 0 Å². The number of oxazole rings is 1. The predicted molar refractivity (Wildman–Crippen MR) is 77.8 cm³/mol. The van der Waals surface area contributed by atoms with Crippen LogP contribution in [0, 0.1) is 6.92 Å². The maximum absolute atomic E-state index is 13.5. The molecule has 0 bridgehead atoms. The quantitative estimate of drug-likeness (QED) is 0.713. The van der Waals surface area contributed by atoms with Crippen molar-refractivity contribution in [2.45, 2.75) is 59.5 Å².